The number of piperidine rings is 1. The van der Waals surface area contributed by atoms with E-state index in [4.69, 9.17) is 5.73 Å². The molecule has 17 heavy (non-hydrogen) atoms. The Balaban J connectivity index is 1.82. The van der Waals surface area contributed by atoms with Crippen LogP contribution in [-0.2, 0) is 0 Å². The third-order valence-electron chi connectivity index (χ3n) is 3.85. The van der Waals surface area contributed by atoms with Crippen molar-refractivity contribution in [2.24, 2.45) is 17.6 Å². The van der Waals surface area contributed by atoms with E-state index in [-0.39, 0.29) is 5.91 Å². The summed E-state index contributed by atoms with van der Waals surface area (Å²) in [5.74, 6) is 1.07. The fourth-order valence-electron chi connectivity index (χ4n) is 2.80. The molecule has 1 aliphatic carbocycles. The van der Waals surface area contributed by atoms with Crippen LogP contribution < -0.4 is 16.4 Å². The van der Waals surface area contributed by atoms with Crippen LogP contribution in [-0.4, -0.2) is 25.0 Å². The van der Waals surface area contributed by atoms with Gasteiger partial charge in [0.05, 0.1) is 5.56 Å². The Hall–Kier alpha value is -1.55. The average Bonchev–Trinajstić information content (AvgIpc) is 2.74. The van der Waals surface area contributed by atoms with Crippen molar-refractivity contribution in [1.82, 2.24) is 5.32 Å². The van der Waals surface area contributed by atoms with Crippen LogP contribution in [0.3, 0.4) is 0 Å². The number of fused-ring (bicyclic) bond motifs is 1. The lowest BCUT2D eigenvalue weighted by molar-refractivity contribution is 0.100. The Bertz CT molecular complexity index is 462. The largest absolute Gasteiger partial charge is 0.381 e. The number of hydrogen-bond donors (Lipinski definition) is 3. The zero-order valence-corrected chi connectivity index (χ0v) is 9.86. The summed E-state index contributed by atoms with van der Waals surface area (Å²) in [5.41, 5.74) is 8.00. The van der Waals surface area contributed by atoms with Gasteiger partial charge in [-0.2, -0.15) is 0 Å². The number of rotatable bonds is 3. The highest BCUT2D eigenvalue weighted by molar-refractivity contribution is 5.98. The molecule has 0 radical (unpaired) electrons. The van der Waals surface area contributed by atoms with Crippen LogP contribution in [0.4, 0.5) is 5.69 Å². The molecular weight excluding hydrogens is 214 g/mol. The monoisotopic (exact) mass is 231 g/mol. The molecule has 4 N–H and O–H groups in total. The van der Waals surface area contributed by atoms with E-state index >= 15 is 0 Å². The molecule has 2 fully saturated rings. The minimum Gasteiger partial charge on any atom is -0.381 e. The van der Waals surface area contributed by atoms with Crippen LogP contribution in [0.2, 0.25) is 0 Å². The maximum atomic E-state index is 11.4. The molecular formula is C13H17N3O. The maximum absolute atomic E-state index is 11.4. The highest BCUT2D eigenvalue weighted by Gasteiger charge is 2.53. The lowest BCUT2D eigenvalue weighted by atomic mass is 10.1. The number of hydrogen-bond acceptors (Lipinski definition) is 3. The molecule has 1 saturated heterocycles. The van der Waals surface area contributed by atoms with Crippen LogP contribution in [0, 0.1) is 18.8 Å². The van der Waals surface area contributed by atoms with Gasteiger partial charge < -0.3 is 16.4 Å². The summed E-state index contributed by atoms with van der Waals surface area (Å²) in [6.45, 7) is 4.19. The van der Waals surface area contributed by atoms with Gasteiger partial charge in [0.15, 0.2) is 0 Å². The summed E-state index contributed by atoms with van der Waals surface area (Å²) in [5, 5.41) is 6.82. The first-order valence-corrected chi connectivity index (χ1v) is 6.04. The first-order valence-electron chi connectivity index (χ1n) is 6.04. The molecule has 0 bridgehead atoms. The van der Waals surface area contributed by atoms with Gasteiger partial charge in [0, 0.05) is 24.8 Å². The predicted molar refractivity (Wildman–Crippen MR) is 67.0 cm³/mol. The van der Waals surface area contributed by atoms with Crippen LogP contribution in [0.25, 0.3) is 0 Å². The first-order chi connectivity index (χ1) is 8.16. The van der Waals surface area contributed by atoms with E-state index in [1.807, 2.05) is 19.1 Å². The van der Waals surface area contributed by atoms with E-state index < -0.39 is 0 Å². The summed E-state index contributed by atoms with van der Waals surface area (Å²) in [6.07, 6.45) is 0. The number of nitrogens with two attached hydrogens (primary N) is 1. The highest BCUT2D eigenvalue weighted by Crippen LogP contribution is 2.44. The second-order valence-electron chi connectivity index (χ2n) is 5.07. The molecule has 90 valence electrons. The van der Waals surface area contributed by atoms with Gasteiger partial charge in [0.1, 0.15) is 0 Å². The van der Waals surface area contributed by atoms with Gasteiger partial charge >= 0.3 is 0 Å². The summed E-state index contributed by atoms with van der Waals surface area (Å²) in [4.78, 5) is 11.4. The van der Waals surface area contributed by atoms with Gasteiger partial charge in [0.25, 0.3) is 5.91 Å². The van der Waals surface area contributed by atoms with Crippen LogP contribution >= 0.6 is 0 Å². The van der Waals surface area contributed by atoms with E-state index in [0.717, 1.165) is 36.2 Å². The fraction of sp³-hybridized carbons (Fsp3) is 0.462. The molecule has 1 saturated carbocycles. The summed E-state index contributed by atoms with van der Waals surface area (Å²) < 4.78 is 0. The third-order valence-corrected chi connectivity index (χ3v) is 3.85. The molecule has 4 nitrogen and oxygen atoms in total. The van der Waals surface area contributed by atoms with Crippen molar-refractivity contribution in [1.29, 1.82) is 0 Å². The van der Waals surface area contributed by atoms with E-state index in [1.165, 1.54) is 0 Å². The van der Waals surface area contributed by atoms with Gasteiger partial charge in [-0.15, -0.1) is 0 Å². The van der Waals surface area contributed by atoms with E-state index in [1.54, 1.807) is 6.07 Å². The summed E-state index contributed by atoms with van der Waals surface area (Å²) in [6, 6.07) is 6.23. The lowest BCUT2D eigenvalue weighted by Gasteiger charge is -2.12. The normalized spacial score (nSPS) is 29.8. The summed E-state index contributed by atoms with van der Waals surface area (Å²) >= 11 is 0. The fourth-order valence-corrected chi connectivity index (χ4v) is 2.80. The zero-order valence-electron chi connectivity index (χ0n) is 9.86. The van der Waals surface area contributed by atoms with E-state index in [9.17, 15) is 4.79 Å². The molecule has 4 heteroatoms. The third kappa shape index (κ3) is 1.78. The van der Waals surface area contributed by atoms with Crippen molar-refractivity contribution in [3.8, 4) is 0 Å². The van der Waals surface area contributed by atoms with Gasteiger partial charge in [0.2, 0.25) is 0 Å². The van der Waals surface area contributed by atoms with Gasteiger partial charge in [-0.05, 0) is 36.5 Å². The molecule has 2 unspecified atom stereocenters. The SMILES string of the molecule is Cc1ccc(C(N)=O)c(NC2C3CNCC32)c1. The van der Waals surface area contributed by atoms with Crippen LogP contribution in [0.5, 0.6) is 0 Å². The molecule has 2 aliphatic rings. The van der Waals surface area contributed by atoms with Crippen molar-refractivity contribution >= 4 is 11.6 Å². The van der Waals surface area contributed by atoms with Crippen LogP contribution in [0.15, 0.2) is 18.2 Å². The number of carbonyl (C=O) groups excluding carboxylic acids is 1. The first kappa shape index (κ1) is 10.6. The second kappa shape index (κ2) is 3.74. The molecule has 1 aromatic rings. The number of benzene rings is 1. The summed E-state index contributed by atoms with van der Waals surface area (Å²) in [7, 11) is 0. The highest BCUT2D eigenvalue weighted by atomic mass is 16.1. The number of amides is 1. The molecule has 0 spiro atoms. The zero-order chi connectivity index (χ0) is 12.0. The Morgan fingerprint density at radius 1 is 1.41 bits per heavy atom. The Morgan fingerprint density at radius 2 is 2.12 bits per heavy atom. The van der Waals surface area contributed by atoms with E-state index in [0.29, 0.717) is 11.6 Å². The number of nitrogens with one attached hydrogen (secondary N) is 2. The predicted octanol–water partition coefficient (Wildman–Crippen LogP) is 0.724. The topological polar surface area (TPSA) is 67.2 Å². The van der Waals surface area contributed by atoms with Crippen molar-refractivity contribution in [2.45, 2.75) is 13.0 Å². The number of primary amides is 1. The molecule has 1 aliphatic heterocycles. The van der Waals surface area contributed by atoms with Gasteiger partial charge in [-0.3, -0.25) is 4.79 Å². The average molecular weight is 231 g/mol. The molecule has 2 atom stereocenters. The Morgan fingerprint density at radius 3 is 2.76 bits per heavy atom. The van der Waals surface area contributed by atoms with Gasteiger partial charge in [-0.25, -0.2) is 0 Å². The molecule has 1 amide bonds. The van der Waals surface area contributed by atoms with E-state index in [2.05, 4.69) is 10.6 Å². The maximum Gasteiger partial charge on any atom is 0.250 e. The molecule has 3 rings (SSSR count). The number of carbonyl (C=O) groups is 1. The van der Waals surface area contributed by atoms with Crippen molar-refractivity contribution in [3.63, 3.8) is 0 Å². The quantitative estimate of drug-likeness (QED) is 0.718. The molecule has 1 aromatic carbocycles. The Labute approximate surface area is 101 Å². The minimum absolute atomic E-state index is 0.364. The minimum atomic E-state index is -0.364. The van der Waals surface area contributed by atoms with Gasteiger partial charge in [-0.1, -0.05) is 6.07 Å². The Kier molecular flexibility index (Phi) is 2.33. The van der Waals surface area contributed by atoms with Crippen molar-refractivity contribution in [2.75, 3.05) is 18.4 Å². The second-order valence-corrected chi connectivity index (χ2v) is 5.07. The van der Waals surface area contributed by atoms with Crippen molar-refractivity contribution in [3.05, 3.63) is 29.3 Å². The lowest BCUT2D eigenvalue weighted by Crippen LogP contribution is -2.23. The number of aryl methyl sites for hydroxylation is 1. The molecule has 0 aromatic heterocycles. The standard InChI is InChI=1S/C13H17N3O/c1-7-2-3-8(13(14)17)11(4-7)16-12-9-5-15-6-10(9)12/h2-4,9-10,12,15-16H,5-6H2,1H3,(H2,14,17). The van der Waals surface area contributed by atoms with Crippen molar-refractivity contribution < 1.29 is 4.79 Å². The molecule has 1 heterocycles. The number of anilines is 1. The van der Waals surface area contributed by atoms with Crippen LogP contribution in [0.1, 0.15) is 15.9 Å². The smallest absolute Gasteiger partial charge is 0.250 e.